The Balaban J connectivity index is 1.17. The Bertz CT molecular complexity index is 1150. The lowest BCUT2D eigenvalue weighted by Gasteiger charge is -2.49. The van der Waals surface area contributed by atoms with E-state index in [1.54, 1.807) is 18.5 Å². The van der Waals surface area contributed by atoms with E-state index in [4.69, 9.17) is 9.72 Å². The van der Waals surface area contributed by atoms with E-state index in [0.717, 1.165) is 68.7 Å². The first kappa shape index (κ1) is 19.7. The highest BCUT2D eigenvalue weighted by atomic mass is 19.4. The van der Waals surface area contributed by atoms with Crippen LogP contribution in [0, 0.1) is 5.41 Å². The molecular weight excluding hydrogens is 423 g/mol. The molecule has 32 heavy (non-hydrogen) atoms. The summed E-state index contributed by atoms with van der Waals surface area (Å²) in [6, 6.07) is 2.96. The molecule has 0 bridgehead atoms. The molecule has 0 radical (unpaired) electrons. The zero-order chi connectivity index (χ0) is 21.9. The number of nitrogens with zero attached hydrogens (tertiary/aromatic N) is 7. The monoisotopic (exact) mass is 445 g/mol. The minimum atomic E-state index is -4.43. The molecule has 6 rings (SSSR count). The van der Waals surface area contributed by atoms with Crippen LogP contribution >= 0.6 is 0 Å². The first-order valence-corrected chi connectivity index (χ1v) is 10.7. The molecule has 1 atom stereocenters. The van der Waals surface area contributed by atoms with E-state index in [0.29, 0.717) is 12.3 Å². The van der Waals surface area contributed by atoms with Crippen LogP contribution < -0.4 is 9.80 Å². The molecule has 8 nitrogen and oxygen atoms in total. The Morgan fingerprint density at radius 3 is 2.72 bits per heavy atom. The van der Waals surface area contributed by atoms with Crippen molar-refractivity contribution in [2.24, 2.45) is 5.41 Å². The molecule has 0 aliphatic carbocycles. The van der Waals surface area contributed by atoms with Gasteiger partial charge in [-0.1, -0.05) is 0 Å². The number of rotatable bonds is 3. The van der Waals surface area contributed by atoms with Gasteiger partial charge in [0.2, 0.25) is 0 Å². The maximum atomic E-state index is 13.0. The van der Waals surface area contributed by atoms with Crippen LogP contribution in [0.2, 0.25) is 0 Å². The van der Waals surface area contributed by atoms with E-state index in [2.05, 4.69) is 20.0 Å². The van der Waals surface area contributed by atoms with Gasteiger partial charge in [0.25, 0.3) is 0 Å². The van der Waals surface area contributed by atoms with Gasteiger partial charge in [0.05, 0.1) is 25.0 Å². The van der Waals surface area contributed by atoms with E-state index in [9.17, 15) is 13.2 Å². The van der Waals surface area contributed by atoms with Crippen LogP contribution in [0.15, 0.2) is 30.7 Å². The van der Waals surface area contributed by atoms with Crippen molar-refractivity contribution in [1.29, 1.82) is 0 Å². The Hall–Kier alpha value is -2.95. The van der Waals surface area contributed by atoms with Crippen LogP contribution in [0.4, 0.5) is 24.7 Å². The summed E-state index contributed by atoms with van der Waals surface area (Å²) in [5.74, 6) is 0.816. The molecule has 3 saturated heterocycles. The standard InChI is InChI=1S/C21H22F3N7O/c22-21(23,24)17-7-14(1-4-25-17)30-12-20(13-30)3-5-29(11-20)18-9-26-16-8-27-31(19(16)28-18)15-2-6-32-10-15/h1,4,7-9,15H,2-3,5-6,10-13H2/t15-/m1/s1. The van der Waals surface area contributed by atoms with Crippen LogP contribution in [-0.4, -0.2) is 64.1 Å². The minimum Gasteiger partial charge on any atom is -0.379 e. The lowest BCUT2D eigenvalue weighted by Crippen LogP contribution is -2.57. The Morgan fingerprint density at radius 1 is 1.09 bits per heavy atom. The molecule has 11 heteroatoms. The summed E-state index contributed by atoms with van der Waals surface area (Å²) in [6.45, 7) is 4.46. The summed E-state index contributed by atoms with van der Waals surface area (Å²) in [7, 11) is 0. The number of alkyl halides is 3. The first-order valence-electron chi connectivity index (χ1n) is 10.7. The maximum absolute atomic E-state index is 13.0. The predicted molar refractivity (Wildman–Crippen MR) is 111 cm³/mol. The molecule has 3 fully saturated rings. The fourth-order valence-corrected chi connectivity index (χ4v) is 5.05. The number of fused-ring (bicyclic) bond motifs is 1. The molecule has 3 aliphatic rings. The number of hydrogen-bond acceptors (Lipinski definition) is 7. The van der Waals surface area contributed by atoms with Gasteiger partial charge >= 0.3 is 6.18 Å². The fraction of sp³-hybridized carbons (Fsp3) is 0.524. The lowest BCUT2D eigenvalue weighted by molar-refractivity contribution is -0.141. The molecular formula is C21H22F3N7O. The molecule has 0 saturated carbocycles. The van der Waals surface area contributed by atoms with Gasteiger partial charge in [-0.15, -0.1) is 0 Å². The molecule has 168 valence electrons. The van der Waals surface area contributed by atoms with Gasteiger partial charge in [-0.05, 0) is 25.0 Å². The number of hydrogen-bond donors (Lipinski definition) is 0. The normalized spacial score (nSPS) is 22.8. The molecule has 6 heterocycles. The van der Waals surface area contributed by atoms with E-state index in [1.807, 2.05) is 9.58 Å². The summed E-state index contributed by atoms with van der Waals surface area (Å²) >= 11 is 0. The van der Waals surface area contributed by atoms with Crippen molar-refractivity contribution in [1.82, 2.24) is 24.7 Å². The predicted octanol–water partition coefficient (Wildman–Crippen LogP) is 2.92. The van der Waals surface area contributed by atoms with Gasteiger partial charge in [-0.3, -0.25) is 4.98 Å². The summed E-state index contributed by atoms with van der Waals surface area (Å²) < 4.78 is 46.4. The van der Waals surface area contributed by atoms with Gasteiger partial charge in [0, 0.05) is 50.1 Å². The zero-order valence-electron chi connectivity index (χ0n) is 17.3. The number of ether oxygens (including phenoxy) is 1. The second-order valence-corrected chi connectivity index (χ2v) is 8.97. The molecule has 0 unspecified atom stereocenters. The van der Waals surface area contributed by atoms with Crippen molar-refractivity contribution in [3.63, 3.8) is 0 Å². The Morgan fingerprint density at radius 2 is 1.94 bits per heavy atom. The van der Waals surface area contributed by atoms with Crippen molar-refractivity contribution < 1.29 is 17.9 Å². The molecule has 0 amide bonds. The van der Waals surface area contributed by atoms with Crippen LogP contribution in [0.25, 0.3) is 11.2 Å². The Labute approximate surface area is 182 Å². The molecule has 3 aromatic rings. The first-order chi connectivity index (χ1) is 15.4. The van der Waals surface area contributed by atoms with Crippen molar-refractivity contribution in [2.45, 2.75) is 25.1 Å². The lowest BCUT2D eigenvalue weighted by atomic mass is 9.79. The van der Waals surface area contributed by atoms with Crippen molar-refractivity contribution >= 4 is 22.7 Å². The van der Waals surface area contributed by atoms with Gasteiger partial charge in [-0.2, -0.15) is 18.3 Å². The molecule has 3 aromatic heterocycles. The zero-order valence-corrected chi connectivity index (χ0v) is 17.3. The SMILES string of the molecule is FC(F)(F)c1cc(N2CC3(CCN(c4cnc5cnn([C@@H]6CCOC6)c5n4)C3)C2)ccn1. The highest BCUT2D eigenvalue weighted by molar-refractivity contribution is 5.71. The van der Waals surface area contributed by atoms with E-state index >= 15 is 0 Å². The Kier molecular flexibility index (Phi) is 4.33. The number of pyridine rings is 1. The van der Waals surface area contributed by atoms with E-state index < -0.39 is 11.9 Å². The number of anilines is 2. The van der Waals surface area contributed by atoms with Crippen LogP contribution in [0.5, 0.6) is 0 Å². The fourth-order valence-electron chi connectivity index (χ4n) is 5.05. The largest absolute Gasteiger partial charge is 0.433 e. The molecule has 0 N–H and O–H groups in total. The quantitative estimate of drug-likeness (QED) is 0.614. The third kappa shape index (κ3) is 3.26. The van der Waals surface area contributed by atoms with Crippen molar-refractivity contribution in [2.75, 3.05) is 49.2 Å². The highest BCUT2D eigenvalue weighted by Crippen LogP contribution is 2.43. The molecule has 1 spiro atoms. The second-order valence-electron chi connectivity index (χ2n) is 8.97. The van der Waals surface area contributed by atoms with Crippen LogP contribution in [0.3, 0.4) is 0 Å². The average Bonchev–Trinajstić information content (AvgIpc) is 3.50. The number of halogens is 3. The van der Waals surface area contributed by atoms with Crippen LogP contribution in [-0.2, 0) is 10.9 Å². The highest BCUT2D eigenvalue weighted by Gasteiger charge is 2.48. The number of aromatic nitrogens is 5. The summed E-state index contributed by atoms with van der Waals surface area (Å²) in [4.78, 5) is 17.1. The molecule has 0 aromatic carbocycles. The average molecular weight is 445 g/mol. The summed E-state index contributed by atoms with van der Waals surface area (Å²) in [6.07, 6.45) is 2.20. The van der Waals surface area contributed by atoms with Gasteiger partial charge in [0.1, 0.15) is 17.0 Å². The minimum absolute atomic E-state index is 0.0534. The third-order valence-electron chi connectivity index (χ3n) is 6.76. The van der Waals surface area contributed by atoms with Gasteiger partial charge in [-0.25, -0.2) is 14.6 Å². The smallest absolute Gasteiger partial charge is 0.379 e. The van der Waals surface area contributed by atoms with E-state index in [1.165, 1.54) is 6.20 Å². The van der Waals surface area contributed by atoms with Gasteiger partial charge in [0.15, 0.2) is 5.65 Å². The topological polar surface area (TPSA) is 72.2 Å². The van der Waals surface area contributed by atoms with Crippen molar-refractivity contribution in [3.8, 4) is 0 Å². The molecule has 3 aliphatic heterocycles. The summed E-state index contributed by atoms with van der Waals surface area (Å²) in [5, 5.41) is 4.47. The second kappa shape index (κ2) is 7.03. The van der Waals surface area contributed by atoms with Gasteiger partial charge < -0.3 is 14.5 Å². The third-order valence-corrected chi connectivity index (χ3v) is 6.76. The summed E-state index contributed by atoms with van der Waals surface area (Å²) in [5.41, 5.74) is 1.31. The maximum Gasteiger partial charge on any atom is 0.433 e. The van der Waals surface area contributed by atoms with E-state index in [-0.39, 0.29) is 11.5 Å². The van der Waals surface area contributed by atoms with Crippen LogP contribution in [0.1, 0.15) is 24.6 Å². The van der Waals surface area contributed by atoms with Crippen molar-refractivity contribution in [3.05, 3.63) is 36.4 Å².